The summed E-state index contributed by atoms with van der Waals surface area (Å²) in [5.41, 5.74) is 2.60. The standard InChI is InChI=1S/C27H26FN3O3S/c1-17-24(26(33)34-15-19-7-3-2-4-8-19)25(21-9-5-6-10-22(21)28)31-20(16-35-27(31)30-17)13-23(32)29-14-18-11-12-18/h2-10,16,18,25H,11-15H2,1H3,(H,29,32)/t25-/m0/s1. The monoisotopic (exact) mass is 491 g/mol. The SMILES string of the molecule is CC1=C(C(=O)OCc2ccccc2)[C@H](c2ccccc2F)N2C(CC(=O)NCC3CC3)=CSC2=N1. The van der Waals surface area contributed by atoms with Gasteiger partial charge in [-0.05, 0) is 42.7 Å². The first-order valence-corrected chi connectivity index (χ1v) is 12.6. The molecule has 1 N–H and O–H groups in total. The maximum Gasteiger partial charge on any atom is 0.338 e. The van der Waals surface area contributed by atoms with Gasteiger partial charge in [-0.2, -0.15) is 0 Å². The molecule has 0 saturated heterocycles. The van der Waals surface area contributed by atoms with Crippen LogP contribution in [0, 0.1) is 11.7 Å². The van der Waals surface area contributed by atoms with Crippen molar-refractivity contribution >= 4 is 28.8 Å². The number of allylic oxidation sites excluding steroid dienone is 1. The Morgan fingerprint density at radius 2 is 1.89 bits per heavy atom. The number of aliphatic imine (C=N–C) groups is 1. The lowest BCUT2D eigenvalue weighted by Gasteiger charge is -2.36. The first-order valence-electron chi connectivity index (χ1n) is 11.7. The third kappa shape index (κ3) is 5.17. The highest BCUT2D eigenvalue weighted by molar-refractivity contribution is 8.16. The molecular weight excluding hydrogens is 465 g/mol. The number of amidine groups is 1. The topological polar surface area (TPSA) is 71.0 Å². The second kappa shape index (κ2) is 10.1. The molecule has 0 spiro atoms. The van der Waals surface area contributed by atoms with Crippen molar-refractivity contribution in [3.63, 3.8) is 0 Å². The lowest BCUT2D eigenvalue weighted by Crippen LogP contribution is -2.38. The molecule has 35 heavy (non-hydrogen) atoms. The van der Waals surface area contributed by atoms with Crippen LogP contribution in [0.4, 0.5) is 4.39 Å². The first-order chi connectivity index (χ1) is 17.0. The largest absolute Gasteiger partial charge is 0.457 e. The van der Waals surface area contributed by atoms with Gasteiger partial charge >= 0.3 is 5.97 Å². The van der Waals surface area contributed by atoms with Crippen LogP contribution >= 0.6 is 11.8 Å². The van der Waals surface area contributed by atoms with Crippen molar-refractivity contribution in [3.8, 4) is 0 Å². The highest BCUT2D eigenvalue weighted by Crippen LogP contribution is 2.45. The van der Waals surface area contributed by atoms with Crippen molar-refractivity contribution in [2.45, 2.75) is 38.8 Å². The van der Waals surface area contributed by atoms with Gasteiger partial charge in [-0.3, -0.25) is 4.79 Å². The number of amides is 1. The summed E-state index contributed by atoms with van der Waals surface area (Å²) in [5.74, 6) is -0.524. The molecule has 5 rings (SSSR count). The molecule has 2 aromatic rings. The first kappa shape index (κ1) is 23.4. The van der Waals surface area contributed by atoms with Crippen molar-refractivity contribution in [2.24, 2.45) is 10.9 Å². The number of nitrogens with one attached hydrogen (secondary N) is 1. The van der Waals surface area contributed by atoms with E-state index in [0.29, 0.717) is 34.6 Å². The van der Waals surface area contributed by atoms with Gasteiger partial charge in [0.25, 0.3) is 0 Å². The minimum Gasteiger partial charge on any atom is -0.457 e. The van der Waals surface area contributed by atoms with Gasteiger partial charge in [0.1, 0.15) is 12.4 Å². The number of carbonyl (C=O) groups excluding carboxylic acids is 2. The van der Waals surface area contributed by atoms with Crippen LogP contribution in [-0.4, -0.2) is 28.5 Å². The van der Waals surface area contributed by atoms with E-state index in [-0.39, 0.29) is 24.5 Å². The molecule has 1 atom stereocenters. The second-order valence-corrected chi connectivity index (χ2v) is 9.74. The van der Waals surface area contributed by atoms with Crippen LogP contribution in [0.15, 0.2) is 82.0 Å². The van der Waals surface area contributed by atoms with Crippen LogP contribution in [-0.2, 0) is 20.9 Å². The van der Waals surface area contributed by atoms with E-state index in [1.807, 2.05) is 35.7 Å². The predicted octanol–water partition coefficient (Wildman–Crippen LogP) is 5.06. The second-order valence-electron chi connectivity index (χ2n) is 8.90. The zero-order chi connectivity index (χ0) is 24.4. The molecule has 2 heterocycles. The quantitative estimate of drug-likeness (QED) is 0.523. The van der Waals surface area contributed by atoms with Crippen molar-refractivity contribution in [1.82, 2.24) is 10.2 Å². The number of hydrogen-bond acceptors (Lipinski definition) is 6. The summed E-state index contributed by atoms with van der Waals surface area (Å²) in [5, 5.41) is 5.45. The fraction of sp³-hybridized carbons (Fsp3) is 0.296. The Morgan fingerprint density at radius 3 is 2.63 bits per heavy atom. The minimum absolute atomic E-state index is 0.0953. The highest BCUT2D eigenvalue weighted by Gasteiger charge is 2.42. The summed E-state index contributed by atoms with van der Waals surface area (Å²) in [6, 6.07) is 15.0. The molecule has 6 nitrogen and oxygen atoms in total. The number of rotatable bonds is 8. The van der Waals surface area contributed by atoms with Crippen LogP contribution in [0.2, 0.25) is 0 Å². The molecule has 0 unspecified atom stereocenters. The van der Waals surface area contributed by atoms with Crippen molar-refractivity contribution in [1.29, 1.82) is 0 Å². The molecular formula is C27H26FN3O3S. The number of carbonyl (C=O) groups is 2. The van der Waals surface area contributed by atoms with Gasteiger partial charge in [-0.1, -0.05) is 60.3 Å². The zero-order valence-electron chi connectivity index (χ0n) is 19.4. The molecule has 1 fully saturated rings. The Morgan fingerprint density at radius 1 is 1.14 bits per heavy atom. The normalized spacial score (nSPS) is 19.1. The van der Waals surface area contributed by atoms with Gasteiger partial charge in [0, 0.05) is 17.8 Å². The Bertz CT molecular complexity index is 1240. The van der Waals surface area contributed by atoms with Crippen molar-refractivity contribution in [2.75, 3.05) is 6.54 Å². The van der Waals surface area contributed by atoms with Crippen LogP contribution in [0.3, 0.4) is 0 Å². The lowest BCUT2D eigenvalue weighted by molar-refractivity contribution is -0.141. The molecule has 8 heteroatoms. The third-order valence-electron chi connectivity index (χ3n) is 6.26. The van der Waals surface area contributed by atoms with E-state index in [1.54, 1.807) is 30.0 Å². The van der Waals surface area contributed by atoms with Gasteiger partial charge < -0.3 is 15.0 Å². The van der Waals surface area contributed by atoms with Crippen LogP contribution in [0.5, 0.6) is 0 Å². The summed E-state index contributed by atoms with van der Waals surface area (Å²) in [7, 11) is 0. The van der Waals surface area contributed by atoms with E-state index in [2.05, 4.69) is 10.3 Å². The molecule has 0 bridgehead atoms. The van der Waals surface area contributed by atoms with Crippen LogP contribution in [0.1, 0.15) is 43.4 Å². The number of ether oxygens (including phenoxy) is 1. The van der Waals surface area contributed by atoms with Gasteiger partial charge in [-0.25, -0.2) is 14.2 Å². The molecule has 0 aromatic heterocycles. The maximum atomic E-state index is 15.1. The number of fused-ring (bicyclic) bond motifs is 1. The van der Waals surface area contributed by atoms with Gasteiger partial charge in [0.15, 0.2) is 5.17 Å². The van der Waals surface area contributed by atoms with E-state index >= 15 is 4.39 Å². The van der Waals surface area contributed by atoms with E-state index in [0.717, 1.165) is 18.4 Å². The van der Waals surface area contributed by atoms with E-state index < -0.39 is 17.8 Å². The van der Waals surface area contributed by atoms with Gasteiger partial charge in [-0.15, -0.1) is 0 Å². The Hall–Kier alpha value is -3.39. The molecule has 1 saturated carbocycles. The van der Waals surface area contributed by atoms with Crippen molar-refractivity contribution in [3.05, 3.63) is 93.9 Å². The van der Waals surface area contributed by atoms with Crippen LogP contribution in [0.25, 0.3) is 0 Å². The summed E-state index contributed by atoms with van der Waals surface area (Å²) in [4.78, 5) is 32.4. The number of benzene rings is 2. The predicted molar refractivity (Wildman–Crippen MR) is 133 cm³/mol. The van der Waals surface area contributed by atoms with Gasteiger partial charge in [0.2, 0.25) is 5.91 Å². The smallest absolute Gasteiger partial charge is 0.338 e. The van der Waals surface area contributed by atoms with Gasteiger partial charge in [0.05, 0.1) is 23.7 Å². The van der Waals surface area contributed by atoms with E-state index in [9.17, 15) is 9.59 Å². The molecule has 2 aliphatic heterocycles. The highest BCUT2D eigenvalue weighted by atomic mass is 32.2. The number of thioether (sulfide) groups is 1. The fourth-order valence-corrected chi connectivity index (χ4v) is 5.19. The number of nitrogens with zero attached hydrogens (tertiary/aromatic N) is 2. The molecule has 3 aliphatic rings. The van der Waals surface area contributed by atoms with Crippen molar-refractivity contribution < 1.29 is 18.7 Å². The average molecular weight is 492 g/mol. The molecule has 1 aliphatic carbocycles. The number of hydrogen-bond donors (Lipinski definition) is 1. The minimum atomic E-state index is -0.788. The molecule has 1 amide bonds. The summed E-state index contributed by atoms with van der Waals surface area (Å²) in [6.45, 7) is 2.50. The molecule has 0 radical (unpaired) electrons. The number of halogens is 1. The third-order valence-corrected chi connectivity index (χ3v) is 7.15. The Labute approximate surface area is 207 Å². The zero-order valence-corrected chi connectivity index (χ0v) is 20.2. The van der Waals surface area contributed by atoms with E-state index in [4.69, 9.17) is 4.74 Å². The summed E-state index contributed by atoms with van der Waals surface area (Å²) in [6.07, 6.45) is 2.42. The average Bonchev–Trinajstić information content (AvgIpc) is 3.62. The molecule has 2 aromatic carbocycles. The number of esters is 1. The Kier molecular flexibility index (Phi) is 6.72. The van der Waals surface area contributed by atoms with Crippen LogP contribution < -0.4 is 5.32 Å². The molecule has 180 valence electrons. The summed E-state index contributed by atoms with van der Waals surface area (Å²) >= 11 is 1.37. The lowest BCUT2D eigenvalue weighted by atomic mass is 9.93. The Balaban J connectivity index is 1.44. The van der Waals surface area contributed by atoms with E-state index in [1.165, 1.54) is 17.8 Å². The maximum absolute atomic E-state index is 15.1. The fourth-order valence-electron chi connectivity index (χ4n) is 4.23. The summed E-state index contributed by atoms with van der Waals surface area (Å²) < 4.78 is 20.8.